The van der Waals surface area contributed by atoms with Gasteiger partial charge in [0.2, 0.25) is 0 Å². The van der Waals surface area contributed by atoms with Crippen LogP contribution >= 0.6 is 0 Å². The van der Waals surface area contributed by atoms with E-state index in [1.54, 1.807) is 18.6 Å². The Hall–Kier alpha value is -2.47. The predicted molar refractivity (Wildman–Crippen MR) is 94.0 cm³/mol. The van der Waals surface area contributed by atoms with Gasteiger partial charge in [-0.25, -0.2) is 0 Å². The molecule has 1 aliphatic rings. The van der Waals surface area contributed by atoms with E-state index in [0.717, 1.165) is 44.0 Å². The molecule has 126 valence electrons. The van der Waals surface area contributed by atoms with Crippen molar-refractivity contribution in [1.29, 1.82) is 0 Å². The van der Waals surface area contributed by atoms with Gasteiger partial charge >= 0.3 is 0 Å². The molecule has 0 aromatic carbocycles. The Labute approximate surface area is 142 Å². The largest absolute Gasteiger partial charge is 0.368 e. The van der Waals surface area contributed by atoms with E-state index in [1.807, 2.05) is 24.4 Å². The van der Waals surface area contributed by atoms with Crippen molar-refractivity contribution >= 4 is 11.6 Å². The number of carbonyl (C=O) groups excluding carboxylic acids is 1. The molecular weight excluding hydrogens is 302 g/mol. The van der Waals surface area contributed by atoms with Gasteiger partial charge in [0.1, 0.15) is 0 Å². The Kier molecular flexibility index (Phi) is 5.38. The molecule has 6 nitrogen and oxygen atoms in total. The van der Waals surface area contributed by atoms with Crippen molar-refractivity contribution in [1.82, 2.24) is 20.2 Å². The van der Waals surface area contributed by atoms with Crippen LogP contribution in [0.5, 0.6) is 0 Å². The lowest BCUT2D eigenvalue weighted by molar-refractivity contribution is 0.0950. The molecule has 1 amide bonds. The second kappa shape index (κ2) is 7.88. The van der Waals surface area contributed by atoms with E-state index in [-0.39, 0.29) is 5.91 Å². The van der Waals surface area contributed by atoms with Crippen LogP contribution in [0.1, 0.15) is 22.8 Å². The first-order valence-corrected chi connectivity index (χ1v) is 8.35. The van der Waals surface area contributed by atoms with Crippen LogP contribution in [0.25, 0.3) is 0 Å². The van der Waals surface area contributed by atoms with Gasteiger partial charge in [-0.2, -0.15) is 0 Å². The van der Waals surface area contributed by atoms with Crippen molar-refractivity contribution in [2.45, 2.75) is 13.5 Å². The highest BCUT2D eigenvalue weighted by atomic mass is 16.1. The summed E-state index contributed by atoms with van der Waals surface area (Å²) in [6.45, 7) is 7.77. The summed E-state index contributed by atoms with van der Waals surface area (Å²) in [5, 5.41) is 2.92. The number of hydrogen-bond acceptors (Lipinski definition) is 5. The summed E-state index contributed by atoms with van der Waals surface area (Å²) in [6, 6.07) is 5.72. The van der Waals surface area contributed by atoms with Gasteiger partial charge in [0.25, 0.3) is 5.91 Å². The molecular formula is C18H23N5O. The van der Waals surface area contributed by atoms with Crippen LogP contribution < -0.4 is 10.2 Å². The molecule has 24 heavy (non-hydrogen) atoms. The number of anilines is 1. The van der Waals surface area contributed by atoms with E-state index in [4.69, 9.17) is 0 Å². The molecule has 3 rings (SSSR count). The highest BCUT2D eigenvalue weighted by molar-refractivity contribution is 5.94. The molecule has 0 atom stereocenters. The van der Waals surface area contributed by atoms with Crippen molar-refractivity contribution in [2.24, 2.45) is 0 Å². The monoisotopic (exact) mass is 325 g/mol. The molecule has 3 heterocycles. The Morgan fingerprint density at radius 1 is 1.17 bits per heavy atom. The molecule has 1 fully saturated rings. The molecule has 0 saturated carbocycles. The minimum Gasteiger partial charge on any atom is -0.368 e. The number of hydrogen-bond donors (Lipinski definition) is 1. The van der Waals surface area contributed by atoms with Crippen molar-refractivity contribution in [3.8, 4) is 0 Å². The van der Waals surface area contributed by atoms with E-state index in [1.165, 1.54) is 0 Å². The van der Waals surface area contributed by atoms with Gasteiger partial charge in [-0.1, -0.05) is 13.0 Å². The van der Waals surface area contributed by atoms with Gasteiger partial charge in [-0.3, -0.25) is 14.8 Å². The van der Waals surface area contributed by atoms with Crippen LogP contribution in [0.4, 0.5) is 5.69 Å². The van der Waals surface area contributed by atoms with Gasteiger partial charge in [0, 0.05) is 51.3 Å². The van der Waals surface area contributed by atoms with Crippen LogP contribution in [0, 0.1) is 0 Å². The fourth-order valence-corrected chi connectivity index (χ4v) is 2.83. The number of pyridine rings is 2. The van der Waals surface area contributed by atoms with Gasteiger partial charge in [-0.15, -0.1) is 0 Å². The summed E-state index contributed by atoms with van der Waals surface area (Å²) in [6.07, 6.45) is 6.92. The normalized spacial score (nSPS) is 15.3. The van der Waals surface area contributed by atoms with Gasteiger partial charge in [0.05, 0.1) is 17.4 Å². The third kappa shape index (κ3) is 4.08. The first kappa shape index (κ1) is 16.4. The molecule has 0 spiro atoms. The lowest BCUT2D eigenvalue weighted by Gasteiger charge is -2.35. The standard InChI is InChI=1S/C18H23N5O/c1-2-22-6-8-23(9-7-22)17-10-16(13-20-14-17)18(24)21-12-15-4-3-5-19-11-15/h3-5,10-11,13-14H,2,6-9,12H2,1H3,(H,21,24). The van der Waals surface area contributed by atoms with E-state index in [2.05, 4.69) is 32.0 Å². The lowest BCUT2D eigenvalue weighted by Crippen LogP contribution is -2.46. The Morgan fingerprint density at radius 2 is 2.00 bits per heavy atom. The first-order chi connectivity index (χ1) is 11.8. The molecule has 0 unspecified atom stereocenters. The molecule has 0 radical (unpaired) electrons. The van der Waals surface area contributed by atoms with Gasteiger partial charge < -0.3 is 15.1 Å². The molecule has 0 bridgehead atoms. The van der Waals surface area contributed by atoms with E-state index in [9.17, 15) is 4.79 Å². The summed E-state index contributed by atoms with van der Waals surface area (Å²) < 4.78 is 0. The summed E-state index contributed by atoms with van der Waals surface area (Å²) >= 11 is 0. The Morgan fingerprint density at radius 3 is 2.71 bits per heavy atom. The summed E-state index contributed by atoms with van der Waals surface area (Å²) in [7, 11) is 0. The maximum absolute atomic E-state index is 12.4. The number of likely N-dealkylation sites (N-methyl/N-ethyl adjacent to an activating group) is 1. The Balaban J connectivity index is 1.61. The number of nitrogens with zero attached hydrogens (tertiary/aromatic N) is 4. The fourth-order valence-electron chi connectivity index (χ4n) is 2.83. The Bertz CT molecular complexity index is 668. The highest BCUT2D eigenvalue weighted by Gasteiger charge is 2.17. The van der Waals surface area contributed by atoms with Crippen molar-refractivity contribution in [3.05, 3.63) is 54.1 Å². The van der Waals surface area contributed by atoms with Crippen molar-refractivity contribution < 1.29 is 4.79 Å². The number of carbonyl (C=O) groups is 1. The average molecular weight is 325 g/mol. The maximum atomic E-state index is 12.4. The summed E-state index contributed by atoms with van der Waals surface area (Å²) in [5.74, 6) is -0.111. The SMILES string of the molecule is CCN1CCN(c2cncc(C(=O)NCc3cccnc3)c2)CC1. The smallest absolute Gasteiger partial charge is 0.253 e. The van der Waals surface area contributed by atoms with Gasteiger partial charge in [0.15, 0.2) is 0 Å². The minimum absolute atomic E-state index is 0.111. The van der Waals surface area contributed by atoms with Crippen LogP contribution in [-0.2, 0) is 6.54 Å². The summed E-state index contributed by atoms with van der Waals surface area (Å²) in [5.41, 5.74) is 2.58. The molecule has 2 aromatic rings. The van der Waals surface area contributed by atoms with Crippen LogP contribution in [-0.4, -0.2) is 53.5 Å². The molecule has 1 aliphatic heterocycles. The van der Waals surface area contributed by atoms with E-state index >= 15 is 0 Å². The zero-order valence-electron chi connectivity index (χ0n) is 14.0. The lowest BCUT2D eigenvalue weighted by atomic mass is 10.2. The second-order valence-corrected chi connectivity index (χ2v) is 5.90. The van der Waals surface area contributed by atoms with Crippen LogP contribution in [0.3, 0.4) is 0 Å². The van der Waals surface area contributed by atoms with Crippen molar-refractivity contribution in [3.63, 3.8) is 0 Å². The van der Waals surface area contributed by atoms with Crippen molar-refractivity contribution in [2.75, 3.05) is 37.6 Å². The zero-order chi connectivity index (χ0) is 16.8. The second-order valence-electron chi connectivity index (χ2n) is 5.90. The number of rotatable bonds is 5. The van der Waals surface area contributed by atoms with Crippen LogP contribution in [0.15, 0.2) is 43.0 Å². The first-order valence-electron chi connectivity index (χ1n) is 8.35. The van der Waals surface area contributed by atoms with E-state index in [0.29, 0.717) is 12.1 Å². The van der Waals surface area contributed by atoms with E-state index < -0.39 is 0 Å². The molecule has 6 heteroatoms. The predicted octanol–water partition coefficient (Wildman–Crippen LogP) is 1.55. The topological polar surface area (TPSA) is 61.4 Å². The highest BCUT2D eigenvalue weighted by Crippen LogP contribution is 2.17. The number of amides is 1. The zero-order valence-corrected chi connectivity index (χ0v) is 14.0. The fraction of sp³-hybridized carbons (Fsp3) is 0.389. The summed E-state index contributed by atoms with van der Waals surface area (Å²) in [4.78, 5) is 25.4. The molecule has 1 saturated heterocycles. The maximum Gasteiger partial charge on any atom is 0.253 e. The van der Waals surface area contributed by atoms with Gasteiger partial charge in [-0.05, 0) is 24.2 Å². The number of aromatic nitrogens is 2. The number of nitrogens with one attached hydrogen (secondary N) is 1. The third-order valence-corrected chi connectivity index (χ3v) is 4.35. The number of piperazine rings is 1. The molecule has 1 N–H and O–H groups in total. The van der Waals surface area contributed by atoms with Crippen LogP contribution in [0.2, 0.25) is 0 Å². The third-order valence-electron chi connectivity index (χ3n) is 4.35. The molecule has 2 aromatic heterocycles. The average Bonchev–Trinajstić information content (AvgIpc) is 2.67. The molecule has 0 aliphatic carbocycles. The minimum atomic E-state index is -0.111. The quantitative estimate of drug-likeness (QED) is 0.904.